The van der Waals surface area contributed by atoms with Crippen LogP contribution >= 0.6 is 0 Å². The third-order valence-corrected chi connectivity index (χ3v) is 7.71. The molecule has 40 heavy (non-hydrogen) atoms. The monoisotopic (exact) mass is 510 g/mol. The molecular weight excluding hydrogens is 484 g/mol. The van der Waals surface area contributed by atoms with Crippen molar-refractivity contribution < 1.29 is 0 Å². The molecule has 2 nitrogen and oxygen atoms in total. The van der Waals surface area contributed by atoms with Crippen LogP contribution in [0, 0.1) is 18.3 Å². The van der Waals surface area contributed by atoms with E-state index >= 15 is 0 Å². The lowest BCUT2D eigenvalue weighted by Gasteiger charge is -2.11. The molecule has 7 aromatic rings. The van der Waals surface area contributed by atoms with E-state index in [4.69, 9.17) is 0 Å². The molecule has 0 aliphatic carbocycles. The normalized spacial score (nSPS) is 11.1. The van der Waals surface area contributed by atoms with E-state index in [-0.39, 0.29) is 0 Å². The number of benzene rings is 6. The van der Waals surface area contributed by atoms with Gasteiger partial charge < -0.3 is 4.57 Å². The van der Waals surface area contributed by atoms with Crippen LogP contribution in [0.1, 0.15) is 11.1 Å². The first kappa shape index (κ1) is 23.7. The van der Waals surface area contributed by atoms with Gasteiger partial charge in [0, 0.05) is 16.5 Å². The standard InChI is InChI=1S/C38H26N2/c1-26-12-19-34(32(22-26)25-39)29-13-17-33(18-14-29)40-37-20-15-30(27-8-4-2-5-9-27)23-35(37)36-24-31(16-21-38(36)40)28-10-6-3-7-11-28/h2-24H,1H3. The molecule has 188 valence electrons. The minimum atomic E-state index is 0.700. The Morgan fingerprint density at radius 2 is 1.02 bits per heavy atom. The number of hydrogen-bond donors (Lipinski definition) is 0. The maximum Gasteiger partial charge on any atom is 0.0998 e. The van der Waals surface area contributed by atoms with E-state index in [9.17, 15) is 5.26 Å². The molecule has 0 amide bonds. The van der Waals surface area contributed by atoms with Crippen LogP contribution in [-0.2, 0) is 0 Å². The Morgan fingerprint density at radius 3 is 1.55 bits per heavy atom. The zero-order valence-electron chi connectivity index (χ0n) is 22.2. The van der Waals surface area contributed by atoms with Gasteiger partial charge in [-0.3, -0.25) is 0 Å². The lowest BCUT2D eigenvalue weighted by Crippen LogP contribution is -1.94. The lowest BCUT2D eigenvalue weighted by molar-refractivity contribution is 1.18. The average Bonchev–Trinajstić information content (AvgIpc) is 3.35. The topological polar surface area (TPSA) is 28.7 Å². The molecule has 0 aliphatic heterocycles. The number of nitriles is 1. The van der Waals surface area contributed by atoms with E-state index < -0.39 is 0 Å². The van der Waals surface area contributed by atoms with Gasteiger partial charge in [-0.15, -0.1) is 0 Å². The van der Waals surface area contributed by atoms with Gasteiger partial charge in [0.25, 0.3) is 0 Å². The van der Waals surface area contributed by atoms with Crippen molar-refractivity contribution >= 4 is 21.8 Å². The maximum atomic E-state index is 9.70. The maximum absolute atomic E-state index is 9.70. The van der Waals surface area contributed by atoms with Crippen molar-refractivity contribution in [2.45, 2.75) is 6.92 Å². The first-order valence-corrected chi connectivity index (χ1v) is 13.5. The second-order valence-electron chi connectivity index (χ2n) is 10.2. The summed E-state index contributed by atoms with van der Waals surface area (Å²) in [5.41, 5.74) is 12.0. The minimum Gasteiger partial charge on any atom is -0.309 e. The van der Waals surface area contributed by atoms with Gasteiger partial charge in [0.2, 0.25) is 0 Å². The summed E-state index contributed by atoms with van der Waals surface area (Å²) in [6.07, 6.45) is 0. The van der Waals surface area contributed by atoms with Gasteiger partial charge in [0.15, 0.2) is 0 Å². The van der Waals surface area contributed by atoms with Crippen molar-refractivity contribution in [3.05, 3.63) is 151 Å². The fourth-order valence-corrected chi connectivity index (χ4v) is 5.71. The van der Waals surface area contributed by atoms with Crippen molar-refractivity contribution in [1.82, 2.24) is 4.57 Å². The molecule has 0 atom stereocenters. The van der Waals surface area contributed by atoms with Crippen molar-refractivity contribution in [1.29, 1.82) is 5.26 Å². The van der Waals surface area contributed by atoms with Crippen LogP contribution in [0.2, 0.25) is 0 Å². The number of rotatable bonds is 4. The van der Waals surface area contributed by atoms with E-state index in [0.29, 0.717) is 5.56 Å². The molecular formula is C38H26N2. The predicted molar refractivity (Wildman–Crippen MR) is 167 cm³/mol. The average molecular weight is 511 g/mol. The van der Waals surface area contributed by atoms with Crippen LogP contribution in [0.15, 0.2) is 140 Å². The first-order valence-electron chi connectivity index (χ1n) is 13.5. The van der Waals surface area contributed by atoms with Crippen molar-refractivity contribution in [2.75, 3.05) is 0 Å². The largest absolute Gasteiger partial charge is 0.309 e. The molecule has 0 bridgehead atoms. The summed E-state index contributed by atoms with van der Waals surface area (Å²) in [6, 6.07) is 51.6. The summed E-state index contributed by atoms with van der Waals surface area (Å²) in [5, 5.41) is 12.2. The van der Waals surface area contributed by atoms with Crippen LogP contribution in [-0.4, -0.2) is 4.57 Å². The summed E-state index contributed by atoms with van der Waals surface area (Å²) >= 11 is 0. The first-order chi connectivity index (χ1) is 19.7. The highest BCUT2D eigenvalue weighted by Crippen LogP contribution is 2.37. The number of fused-ring (bicyclic) bond motifs is 3. The summed E-state index contributed by atoms with van der Waals surface area (Å²) in [7, 11) is 0. The molecule has 6 aromatic carbocycles. The van der Waals surface area contributed by atoms with Crippen molar-refractivity contribution in [3.8, 4) is 45.1 Å². The SMILES string of the molecule is Cc1ccc(-c2ccc(-n3c4ccc(-c5ccccc5)cc4c4cc(-c5ccccc5)ccc43)cc2)c(C#N)c1. The molecule has 0 spiro atoms. The van der Waals surface area contributed by atoms with Crippen molar-refractivity contribution in [3.63, 3.8) is 0 Å². The molecule has 1 aromatic heterocycles. The van der Waals surface area contributed by atoms with Gasteiger partial charge in [-0.1, -0.05) is 97.1 Å². The van der Waals surface area contributed by atoms with Crippen LogP contribution in [0.4, 0.5) is 0 Å². The van der Waals surface area contributed by atoms with Crippen LogP contribution in [0.3, 0.4) is 0 Å². The van der Waals surface area contributed by atoms with Gasteiger partial charge in [-0.25, -0.2) is 0 Å². The Kier molecular flexibility index (Phi) is 5.77. The Labute approximate surface area is 234 Å². The summed E-state index contributed by atoms with van der Waals surface area (Å²) in [4.78, 5) is 0. The molecule has 0 unspecified atom stereocenters. The van der Waals surface area contributed by atoms with E-state index in [0.717, 1.165) is 22.4 Å². The Balaban J connectivity index is 1.43. The molecule has 0 aliphatic rings. The Morgan fingerprint density at radius 1 is 0.500 bits per heavy atom. The third-order valence-electron chi connectivity index (χ3n) is 7.71. The fourth-order valence-electron chi connectivity index (χ4n) is 5.71. The number of nitrogens with zero attached hydrogens (tertiary/aromatic N) is 2. The van der Waals surface area contributed by atoms with Gasteiger partial charge >= 0.3 is 0 Å². The number of aromatic nitrogens is 1. The van der Waals surface area contributed by atoms with E-state index in [1.54, 1.807) is 0 Å². The van der Waals surface area contributed by atoms with Crippen LogP contribution in [0.5, 0.6) is 0 Å². The molecule has 0 radical (unpaired) electrons. The highest BCUT2D eigenvalue weighted by Gasteiger charge is 2.15. The van der Waals surface area contributed by atoms with Crippen LogP contribution in [0.25, 0.3) is 60.9 Å². The second kappa shape index (κ2) is 9.73. The summed E-state index contributed by atoms with van der Waals surface area (Å²) in [6.45, 7) is 2.02. The molecule has 7 rings (SSSR count). The summed E-state index contributed by atoms with van der Waals surface area (Å²) in [5.74, 6) is 0. The van der Waals surface area contributed by atoms with Gasteiger partial charge in [-0.2, -0.15) is 5.26 Å². The van der Waals surface area contributed by atoms with E-state index in [1.165, 1.54) is 44.1 Å². The molecule has 0 N–H and O–H groups in total. The Hall–Kier alpha value is -5.39. The van der Waals surface area contributed by atoms with Gasteiger partial charge in [-0.05, 0) is 88.3 Å². The van der Waals surface area contributed by atoms with E-state index in [2.05, 4.69) is 138 Å². The molecule has 0 saturated carbocycles. The summed E-state index contributed by atoms with van der Waals surface area (Å²) < 4.78 is 2.35. The van der Waals surface area contributed by atoms with Gasteiger partial charge in [0.1, 0.15) is 0 Å². The molecule has 0 saturated heterocycles. The van der Waals surface area contributed by atoms with Crippen LogP contribution < -0.4 is 0 Å². The zero-order chi connectivity index (χ0) is 27.1. The zero-order valence-corrected chi connectivity index (χ0v) is 22.2. The third kappa shape index (κ3) is 4.06. The second-order valence-corrected chi connectivity index (χ2v) is 10.2. The quantitative estimate of drug-likeness (QED) is 0.232. The molecule has 0 fully saturated rings. The minimum absolute atomic E-state index is 0.700. The number of aryl methyl sites for hydroxylation is 1. The smallest absolute Gasteiger partial charge is 0.0998 e. The van der Waals surface area contributed by atoms with Gasteiger partial charge in [0.05, 0.1) is 22.7 Å². The lowest BCUT2D eigenvalue weighted by atomic mass is 9.98. The molecule has 1 heterocycles. The predicted octanol–water partition coefficient (Wildman–Crippen LogP) is 9.96. The highest BCUT2D eigenvalue weighted by molar-refractivity contribution is 6.11. The van der Waals surface area contributed by atoms with E-state index in [1.807, 2.05) is 19.1 Å². The highest BCUT2D eigenvalue weighted by atomic mass is 15.0. The molecule has 2 heteroatoms. The number of hydrogen-bond acceptors (Lipinski definition) is 1. The Bertz CT molecular complexity index is 1950. The van der Waals surface area contributed by atoms with Crippen molar-refractivity contribution in [2.24, 2.45) is 0 Å². The fraction of sp³-hybridized carbons (Fsp3) is 0.0263.